The number of hydrogen-bond donors (Lipinski definition) is 3. The molecule has 0 aromatic carbocycles. The van der Waals surface area contributed by atoms with Crippen molar-refractivity contribution in [1.29, 1.82) is 0 Å². The van der Waals surface area contributed by atoms with Crippen LogP contribution in [0, 0.1) is 0 Å². The minimum Gasteiger partial charge on any atom is -0.466 e. The number of carbonyl (C=O) groups is 2. The lowest BCUT2D eigenvalue weighted by Crippen LogP contribution is -2.45. The summed E-state index contributed by atoms with van der Waals surface area (Å²) in [6.07, 6.45) is 64.4. The first-order valence-corrected chi connectivity index (χ1v) is 28.6. The lowest BCUT2D eigenvalue weighted by Gasteiger charge is -2.22. The normalized spacial score (nSPS) is 12.8. The van der Waals surface area contributed by atoms with Gasteiger partial charge in [-0.2, -0.15) is 0 Å². The maximum absolute atomic E-state index is 12.5. The van der Waals surface area contributed by atoms with Crippen molar-refractivity contribution >= 4 is 11.9 Å². The van der Waals surface area contributed by atoms with E-state index in [1.54, 1.807) is 0 Å². The molecule has 0 aromatic heterocycles. The predicted molar refractivity (Wildman–Crippen MR) is 278 cm³/mol. The van der Waals surface area contributed by atoms with E-state index in [2.05, 4.69) is 43.5 Å². The zero-order valence-electron chi connectivity index (χ0n) is 43.0. The van der Waals surface area contributed by atoms with E-state index in [0.717, 1.165) is 64.2 Å². The number of hydrogen-bond acceptors (Lipinski definition) is 5. The van der Waals surface area contributed by atoms with Gasteiger partial charge >= 0.3 is 5.97 Å². The fourth-order valence-electron chi connectivity index (χ4n) is 8.85. The Bertz CT molecular complexity index is 997. The number of ether oxygens (including phenoxy) is 1. The zero-order chi connectivity index (χ0) is 46.5. The number of nitrogens with one attached hydrogen (secondary N) is 1. The second-order valence-corrected chi connectivity index (χ2v) is 19.6. The summed E-state index contributed by atoms with van der Waals surface area (Å²) in [6.45, 7) is 4.91. The van der Waals surface area contributed by atoms with Crippen molar-refractivity contribution in [3.8, 4) is 0 Å². The molecule has 1 amide bonds. The van der Waals surface area contributed by atoms with Crippen LogP contribution in [0.4, 0.5) is 0 Å². The highest BCUT2D eigenvalue weighted by Crippen LogP contribution is 2.17. The lowest BCUT2D eigenvalue weighted by molar-refractivity contribution is -0.143. The topological polar surface area (TPSA) is 95.9 Å². The molecule has 0 aliphatic heterocycles. The lowest BCUT2D eigenvalue weighted by atomic mass is 10.0. The number of rotatable bonds is 53. The van der Waals surface area contributed by atoms with Crippen LogP contribution in [-0.2, 0) is 14.3 Å². The second kappa shape index (κ2) is 54.0. The van der Waals surface area contributed by atoms with E-state index in [1.165, 1.54) is 212 Å². The highest BCUT2D eigenvalue weighted by Gasteiger charge is 2.20. The van der Waals surface area contributed by atoms with Gasteiger partial charge in [-0.3, -0.25) is 9.59 Å². The molecule has 64 heavy (non-hydrogen) atoms. The summed E-state index contributed by atoms with van der Waals surface area (Å²) in [4.78, 5) is 24.6. The summed E-state index contributed by atoms with van der Waals surface area (Å²) in [5.41, 5.74) is 0. The molecule has 0 aliphatic carbocycles. The van der Waals surface area contributed by atoms with Crippen molar-refractivity contribution in [3.05, 3.63) is 24.3 Å². The van der Waals surface area contributed by atoms with Gasteiger partial charge in [0.25, 0.3) is 0 Å². The summed E-state index contributed by atoms with van der Waals surface area (Å²) in [5.74, 6) is -0.0725. The molecule has 0 fully saturated rings. The van der Waals surface area contributed by atoms with Crippen LogP contribution < -0.4 is 5.32 Å². The molecule has 6 heteroatoms. The number of unbranched alkanes of at least 4 members (excludes halogenated alkanes) is 38. The van der Waals surface area contributed by atoms with Crippen LogP contribution in [0.25, 0.3) is 0 Å². The third kappa shape index (κ3) is 49.8. The van der Waals surface area contributed by atoms with Crippen LogP contribution in [0.3, 0.4) is 0 Å². The fraction of sp³-hybridized carbons (Fsp3) is 0.897. The third-order valence-corrected chi connectivity index (χ3v) is 13.3. The molecular weight excluding hydrogens is 791 g/mol. The van der Waals surface area contributed by atoms with Crippen molar-refractivity contribution < 1.29 is 24.5 Å². The van der Waals surface area contributed by atoms with E-state index in [0.29, 0.717) is 25.9 Å². The van der Waals surface area contributed by atoms with Gasteiger partial charge in [0.2, 0.25) is 5.91 Å². The van der Waals surface area contributed by atoms with Crippen LogP contribution in [-0.4, -0.2) is 47.4 Å². The van der Waals surface area contributed by atoms with E-state index in [4.69, 9.17) is 4.74 Å². The molecule has 3 N–H and O–H groups in total. The molecule has 378 valence electrons. The Kier molecular flexibility index (Phi) is 52.6. The number of aliphatic hydroxyl groups is 2. The molecule has 6 nitrogen and oxygen atoms in total. The maximum Gasteiger partial charge on any atom is 0.305 e. The molecule has 0 aromatic rings. The Labute approximate surface area is 399 Å². The third-order valence-electron chi connectivity index (χ3n) is 13.3. The fourth-order valence-corrected chi connectivity index (χ4v) is 8.85. The number of allylic oxidation sites excluding steroid dienone is 4. The largest absolute Gasteiger partial charge is 0.466 e. The standard InChI is InChI=1S/C58H111NO5/c1-3-5-7-9-11-13-15-17-19-21-23-25-27-30-34-38-42-46-50-56(61)55(54-60)59-57(62)51-47-43-39-35-31-29-33-37-41-45-49-53-64-58(63)52-48-44-40-36-32-28-26-24-22-20-18-16-14-12-10-8-6-4-2/h14,16,20,22,55-56,60-61H,3-13,15,17-19,21,23-54H2,1-2H3,(H,59,62)/b16-14-,22-20-. The minimum absolute atomic E-state index is 0.0203. The van der Waals surface area contributed by atoms with Gasteiger partial charge < -0.3 is 20.3 Å². The SMILES string of the molecule is CCCCCC/C=C\C/C=C\CCCCCCCCCC(=O)OCCCCCCCCCCCCCC(=O)NC(CO)C(O)CCCCCCCCCCCCCCCCCCCC. The van der Waals surface area contributed by atoms with Crippen LogP contribution in [0.2, 0.25) is 0 Å². The van der Waals surface area contributed by atoms with Crippen LogP contribution >= 0.6 is 0 Å². The predicted octanol–water partition coefficient (Wildman–Crippen LogP) is 17.5. The van der Waals surface area contributed by atoms with E-state index < -0.39 is 12.1 Å². The Morgan fingerprint density at radius 3 is 1.20 bits per heavy atom. The number of aliphatic hydroxyl groups excluding tert-OH is 2. The van der Waals surface area contributed by atoms with Gasteiger partial charge in [-0.1, -0.05) is 263 Å². The van der Waals surface area contributed by atoms with E-state index in [-0.39, 0.29) is 18.5 Å². The molecule has 0 aliphatic rings. The first-order chi connectivity index (χ1) is 31.5. The van der Waals surface area contributed by atoms with Gasteiger partial charge in [-0.25, -0.2) is 0 Å². The van der Waals surface area contributed by atoms with Crippen molar-refractivity contribution in [1.82, 2.24) is 5.32 Å². The highest BCUT2D eigenvalue weighted by atomic mass is 16.5. The van der Waals surface area contributed by atoms with Crippen molar-refractivity contribution in [2.45, 2.75) is 321 Å². The Hall–Kier alpha value is -1.66. The van der Waals surface area contributed by atoms with Crippen molar-refractivity contribution in [2.75, 3.05) is 13.2 Å². The molecular formula is C58H111NO5. The molecule has 0 rings (SSSR count). The van der Waals surface area contributed by atoms with Gasteiger partial charge in [0.15, 0.2) is 0 Å². The second-order valence-electron chi connectivity index (χ2n) is 19.6. The smallest absolute Gasteiger partial charge is 0.305 e. The average molecular weight is 903 g/mol. The van der Waals surface area contributed by atoms with Crippen LogP contribution in [0.5, 0.6) is 0 Å². The van der Waals surface area contributed by atoms with Gasteiger partial charge in [0.1, 0.15) is 0 Å². The van der Waals surface area contributed by atoms with Crippen LogP contribution in [0.15, 0.2) is 24.3 Å². The van der Waals surface area contributed by atoms with Crippen molar-refractivity contribution in [2.24, 2.45) is 0 Å². The molecule has 0 radical (unpaired) electrons. The molecule has 0 heterocycles. The number of esters is 1. The maximum atomic E-state index is 12.5. The molecule has 2 atom stereocenters. The van der Waals surface area contributed by atoms with E-state index in [9.17, 15) is 19.8 Å². The quantitative estimate of drug-likeness (QED) is 0.0321. The monoisotopic (exact) mass is 902 g/mol. The Balaban J connectivity index is 3.46. The van der Waals surface area contributed by atoms with Crippen molar-refractivity contribution in [3.63, 3.8) is 0 Å². The van der Waals surface area contributed by atoms with E-state index in [1.807, 2.05) is 0 Å². The zero-order valence-corrected chi connectivity index (χ0v) is 43.0. The Morgan fingerprint density at radius 2 is 0.781 bits per heavy atom. The van der Waals surface area contributed by atoms with Gasteiger partial charge in [0, 0.05) is 12.8 Å². The minimum atomic E-state index is -0.677. The summed E-state index contributed by atoms with van der Waals surface area (Å²) in [5, 5.41) is 23.3. The number of amides is 1. The molecule has 0 saturated carbocycles. The molecule has 2 unspecified atom stereocenters. The van der Waals surface area contributed by atoms with Gasteiger partial charge in [0.05, 0.1) is 25.4 Å². The highest BCUT2D eigenvalue weighted by molar-refractivity contribution is 5.76. The Morgan fingerprint density at radius 1 is 0.438 bits per heavy atom. The molecule has 0 saturated heterocycles. The van der Waals surface area contributed by atoms with E-state index >= 15 is 0 Å². The molecule has 0 bridgehead atoms. The van der Waals surface area contributed by atoms with Crippen LogP contribution in [0.1, 0.15) is 309 Å². The summed E-state index contributed by atoms with van der Waals surface area (Å²) in [6, 6.07) is -0.556. The molecule has 0 spiro atoms. The first kappa shape index (κ1) is 62.3. The van der Waals surface area contributed by atoms with Gasteiger partial charge in [-0.15, -0.1) is 0 Å². The van der Waals surface area contributed by atoms with Gasteiger partial charge in [-0.05, 0) is 57.8 Å². The summed E-state index contributed by atoms with van der Waals surface area (Å²) >= 11 is 0. The average Bonchev–Trinajstić information content (AvgIpc) is 3.29. The summed E-state index contributed by atoms with van der Waals surface area (Å²) in [7, 11) is 0. The number of carbonyl (C=O) groups excluding carboxylic acids is 2. The summed E-state index contributed by atoms with van der Waals surface area (Å²) < 4.78 is 5.47. The first-order valence-electron chi connectivity index (χ1n) is 28.6.